The van der Waals surface area contributed by atoms with E-state index < -0.39 is 39.6 Å². The second-order valence-corrected chi connectivity index (χ2v) is 13.3. The first-order chi connectivity index (χ1) is 22.4. The summed E-state index contributed by atoms with van der Waals surface area (Å²) in [6, 6.07) is 10.0. The fourth-order valence-corrected chi connectivity index (χ4v) is 7.45. The molecule has 6 rings (SSSR count). The molecule has 3 atom stereocenters. The van der Waals surface area contributed by atoms with E-state index in [-0.39, 0.29) is 84.6 Å². The summed E-state index contributed by atoms with van der Waals surface area (Å²) in [5.41, 5.74) is 10.7. The lowest BCUT2D eigenvalue weighted by molar-refractivity contribution is -0.139. The molecule has 3 amide bonds. The van der Waals surface area contributed by atoms with Crippen molar-refractivity contribution in [1.29, 1.82) is 0 Å². The largest absolute Gasteiger partial charge is 0.454 e. The standard InChI is InChI=1S/C31H30N4O10S2/c1-15-13-23(36)35(29(15)38)12-4-2-3-11-34-28(37)16-5-6-18-17(14-16)30(39)45-31(18)19-7-9-21(32)26(46(40)41)24(19)44-25-20(31)8-10-22(33)27(25)47(42)43/h5-10,14-15H,2-4,11-13,32-33H2,1H3,(H,34,37)(H,40,41)(H,42,43). The molecule has 0 aliphatic carbocycles. The number of unbranched alkanes of at least 4 members (excludes halogenated alkanes) is 2. The van der Waals surface area contributed by atoms with Gasteiger partial charge in [0.15, 0.2) is 39.3 Å². The van der Waals surface area contributed by atoms with Gasteiger partial charge in [-0.05, 0) is 55.7 Å². The van der Waals surface area contributed by atoms with Crippen molar-refractivity contribution >= 4 is 57.2 Å². The highest BCUT2D eigenvalue weighted by atomic mass is 32.2. The maximum atomic E-state index is 13.5. The monoisotopic (exact) mass is 682 g/mol. The highest BCUT2D eigenvalue weighted by Gasteiger charge is 2.55. The van der Waals surface area contributed by atoms with E-state index in [0.29, 0.717) is 32.4 Å². The van der Waals surface area contributed by atoms with Crippen molar-refractivity contribution in [3.05, 3.63) is 70.3 Å². The zero-order valence-corrected chi connectivity index (χ0v) is 26.6. The number of fused-ring (bicyclic) bond motifs is 6. The van der Waals surface area contributed by atoms with Gasteiger partial charge in [0.25, 0.3) is 5.91 Å². The average molecular weight is 683 g/mol. The van der Waals surface area contributed by atoms with Gasteiger partial charge >= 0.3 is 5.97 Å². The molecule has 1 saturated heterocycles. The van der Waals surface area contributed by atoms with Crippen molar-refractivity contribution in [3.8, 4) is 11.5 Å². The van der Waals surface area contributed by atoms with Crippen LogP contribution in [0.3, 0.4) is 0 Å². The van der Waals surface area contributed by atoms with Crippen LogP contribution in [0.4, 0.5) is 11.4 Å². The average Bonchev–Trinajstić information content (AvgIpc) is 3.44. The number of likely N-dealkylation sites (tertiary alicyclic amines) is 1. The molecule has 3 heterocycles. The fraction of sp³-hybridized carbons (Fsp3) is 0.290. The van der Waals surface area contributed by atoms with Gasteiger partial charge in [-0.1, -0.05) is 13.0 Å². The molecule has 1 fully saturated rings. The van der Waals surface area contributed by atoms with E-state index in [2.05, 4.69) is 5.32 Å². The quantitative estimate of drug-likeness (QED) is 0.0722. The van der Waals surface area contributed by atoms with Gasteiger partial charge in [0.1, 0.15) is 9.79 Å². The third-order valence-corrected chi connectivity index (χ3v) is 10.1. The van der Waals surface area contributed by atoms with Gasteiger partial charge in [-0.2, -0.15) is 0 Å². The van der Waals surface area contributed by atoms with Gasteiger partial charge in [-0.3, -0.25) is 19.3 Å². The SMILES string of the molecule is CC1CC(=O)N(CCCCCNC(=O)c2ccc3c(c2)C(=O)OC32c3ccc(N)c(S(=O)O)c3Oc3c2ccc(N)c3S(=O)O)C1=O. The molecule has 1 spiro atoms. The number of carbonyl (C=O) groups is 4. The summed E-state index contributed by atoms with van der Waals surface area (Å²) in [5, 5.41) is 2.80. The second kappa shape index (κ2) is 12.2. The molecule has 16 heteroatoms. The summed E-state index contributed by atoms with van der Waals surface area (Å²) in [7, 11) is 0. The fourth-order valence-electron chi connectivity index (χ4n) is 6.29. The minimum atomic E-state index is -2.68. The number of nitrogens with two attached hydrogens (primary N) is 2. The normalized spacial score (nSPS) is 20.7. The Hall–Kier alpha value is -4.64. The lowest BCUT2D eigenvalue weighted by Crippen LogP contribution is -2.34. The van der Waals surface area contributed by atoms with E-state index in [1.807, 2.05) is 0 Å². The molecular formula is C31H30N4O10S2. The molecular weight excluding hydrogens is 652 g/mol. The van der Waals surface area contributed by atoms with Crippen LogP contribution >= 0.6 is 0 Å². The van der Waals surface area contributed by atoms with Crippen LogP contribution in [0.2, 0.25) is 0 Å². The van der Waals surface area contributed by atoms with Crippen LogP contribution < -0.4 is 21.5 Å². The van der Waals surface area contributed by atoms with Crippen molar-refractivity contribution in [2.75, 3.05) is 24.6 Å². The van der Waals surface area contributed by atoms with E-state index in [1.54, 1.807) is 6.92 Å². The predicted molar refractivity (Wildman–Crippen MR) is 168 cm³/mol. The Morgan fingerprint density at radius 3 is 2.09 bits per heavy atom. The Kier molecular flexibility index (Phi) is 8.38. The number of nitrogens with one attached hydrogen (secondary N) is 1. The summed E-state index contributed by atoms with van der Waals surface area (Å²) >= 11 is -5.36. The molecule has 0 bridgehead atoms. The number of nitrogen functional groups attached to an aromatic ring is 2. The third-order valence-electron chi connectivity index (χ3n) is 8.54. The summed E-state index contributed by atoms with van der Waals surface area (Å²) in [5.74, 6) is -2.38. The second-order valence-electron chi connectivity index (χ2n) is 11.5. The highest BCUT2D eigenvalue weighted by Crippen LogP contribution is 2.59. The van der Waals surface area contributed by atoms with Gasteiger partial charge in [0.2, 0.25) is 11.8 Å². The van der Waals surface area contributed by atoms with Crippen molar-refractivity contribution in [1.82, 2.24) is 10.2 Å². The van der Waals surface area contributed by atoms with E-state index >= 15 is 0 Å². The van der Waals surface area contributed by atoms with Gasteiger partial charge in [0, 0.05) is 47.7 Å². The highest BCUT2D eigenvalue weighted by molar-refractivity contribution is 7.79. The first kappa shape index (κ1) is 32.3. The number of rotatable bonds is 9. The van der Waals surface area contributed by atoms with Crippen LogP contribution in [-0.4, -0.2) is 59.2 Å². The Balaban J connectivity index is 1.29. The number of amides is 3. The number of hydrogen-bond donors (Lipinski definition) is 5. The summed E-state index contributed by atoms with van der Waals surface area (Å²) in [6.07, 6.45) is 2.10. The van der Waals surface area contributed by atoms with Crippen LogP contribution in [-0.2, 0) is 42.1 Å². The molecule has 0 radical (unpaired) electrons. The van der Waals surface area contributed by atoms with E-state index in [4.69, 9.17) is 20.9 Å². The molecule has 14 nitrogen and oxygen atoms in total. The van der Waals surface area contributed by atoms with E-state index in [0.717, 1.165) is 0 Å². The first-order valence-electron chi connectivity index (χ1n) is 14.6. The number of benzene rings is 3. The summed E-state index contributed by atoms with van der Waals surface area (Å²) < 4.78 is 57.1. The Morgan fingerprint density at radius 1 is 0.936 bits per heavy atom. The van der Waals surface area contributed by atoms with Crippen molar-refractivity contribution < 1.29 is 46.2 Å². The molecule has 3 aliphatic rings. The van der Waals surface area contributed by atoms with Crippen LogP contribution in [0, 0.1) is 5.92 Å². The van der Waals surface area contributed by atoms with Gasteiger partial charge in [-0.15, -0.1) is 0 Å². The van der Waals surface area contributed by atoms with Gasteiger partial charge in [0.05, 0.1) is 16.9 Å². The minimum Gasteiger partial charge on any atom is -0.454 e. The number of imide groups is 1. The molecule has 7 N–H and O–H groups in total. The maximum absolute atomic E-state index is 13.5. The molecule has 246 valence electrons. The molecule has 0 aromatic heterocycles. The number of carbonyl (C=O) groups excluding carboxylic acids is 4. The van der Waals surface area contributed by atoms with Crippen LogP contribution in [0.5, 0.6) is 11.5 Å². The van der Waals surface area contributed by atoms with Crippen molar-refractivity contribution in [2.24, 2.45) is 5.92 Å². The number of esters is 1. The Morgan fingerprint density at radius 2 is 1.53 bits per heavy atom. The first-order valence-corrected chi connectivity index (χ1v) is 16.8. The predicted octanol–water partition coefficient (Wildman–Crippen LogP) is 2.88. The van der Waals surface area contributed by atoms with E-state index in [9.17, 15) is 36.7 Å². The minimum absolute atomic E-state index is 0.0256. The maximum Gasteiger partial charge on any atom is 0.340 e. The molecule has 3 aromatic carbocycles. The van der Waals surface area contributed by atoms with Crippen LogP contribution in [0.25, 0.3) is 0 Å². The smallest absolute Gasteiger partial charge is 0.340 e. The topological polar surface area (TPSA) is 229 Å². The van der Waals surface area contributed by atoms with Gasteiger partial charge in [-0.25, -0.2) is 13.2 Å². The van der Waals surface area contributed by atoms with Crippen LogP contribution in [0.1, 0.15) is 70.0 Å². The molecule has 47 heavy (non-hydrogen) atoms. The lowest BCUT2D eigenvalue weighted by atomic mass is 9.77. The zero-order valence-electron chi connectivity index (χ0n) is 24.9. The lowest BCUT2D eigenvalue weighted by Gasteiger charge is -2.37. The third kappa shape index (κ3) is 5.26. The van der Waals surface area contributed by atoms with Crippen molar-refractivity contribution in [2.45, 2.75) is 48.0 Å². The van der Waals surface area contributed by atoms with Crippen LogP contribution in [0.15, 0.2) is 52.3 Å². The Labute approximate surface area is 273 Å². The number of ether oxygens (including phenoxy) is 2. The van der Waals surface area contributed by atoms with Gasteiger partial charge < -0.3 is 35.4 Å². The van der Waals surface area contributed by atoms with E-state index in [1.165, 1.54) is 47.4 Å². The summed E-state index contributed by atoms with van der Waals surface area (Å²) in [4.78, 5) is 51.2. The summed E-state index contributed by atoms with van der Waals surface area (Å²) in [6.45, 7) is 2.38. The zero-order chi connectivity index (χ0) is 33.8. The Bertz CT molecular complexity index is 1860. The van der Waals surface area contributed by atoms with Crippen molar-refractivity contribution in [3.63, 3.8) is 0 Å². The molecule has 3 aromatic rings. The molecule has 0 saturated carbocycles. The number of nitrogens with zero attached hydrogens (tertiary/aromatic N) is 1. The molecule has 3 unspecified atom stereocenters. The molecule has 3 aliphatic heterocycles. The number of hydrogen-bond acceptors (Lipinski definition) is 10. The number of anilines is 2.